The maximum atomic E-state index is 12.2. The molecule has 1 amide bonds. The molecule has 0 radical (unpaired) electrons. The largest absolute Gasteiger partial charge is 0.494 e. The van der Waals surface area contributed by atoms with Crippen molar-refractivity contribution in [2.75, 3.05) is 25.9 Å². The zero-order valence-corrected chi connectivity index (χ0v) is 10.1. The Labute approximate surface area is 101 Å². The van der Waals surface area contributed by atoms with Crippen molar-refractivity contribution >= 4 is 11.6 Å². The molecule has 90 valence electrons. The van der Waals surface area contributed by atoms with Crippen molar-refractivity contribution in [1.82, 2.24) is 4.90 Å². The van der Waals surface area contributed by atoms with E-state index < -0.39 is 0 Å². The van der Waals surface area contributed by atoms with E-state index in [0.29, 0.717) is 23.5 Å². The second kappa shape index (κ2) is 5.80. The van der Waals surface area contributed by atoms with Crippen molar-refractivity contribution in [3.63, 3.8) is 0 Å². The van der Waals surface area contributed by atoms with E-state index in [1.807, 2.05) is 6.92 Å². The van der Waals surface area contributed by atoms with Crippen LogP contribution in [0.1, 0.15) is 17.3 Å². The van der Waals surface area contributed by atoms with Gasteiger partial charge in [0, 0.05) is 6.54 Å². The van der Waals surface area contributed by atoms with Crippen LogP contribution >= 0.6 is 0 Å². The summed E-state index contributed by atoms with van der Waals surface area (Å²) in [7, 11) is 1.49. The van der Waals surface area contributed by atoms with Gasteiger partial charge in [-0.2, -0.15) is 0 Å². The van der Waals surface area contributed by atoms with Crippen molar-refractivity contribution in [1.29, 1.82) is 0 Å². The maximum absolute atomic E-state index is 12.2. The van der Waals surface area contributed by atoms with E-state index in [1.165, 1.54) is 7.11 Å². The summed E-state index contributed by atoms with van der Waals surface area (Å²) in [6, 6.07) is 5.08. The highest BCUT2D eigenvalue weighted by Crippen LogP contribution is 2.26. The van der Waals surface area contributed by atoms with Crippen LogP contribution in [0.15, 0.2) is 18.2 Å². The van der Waals surface area contributed by atoms with E-state index in [1.54, 1.807) is 23.1 Å². The fourth-order valence-corrected chi connectivity index (χ4v) is 1.56. The summed E-state index contributed by atoms with van der Waals surface area (Å²) in [5.41, 5.74) is 6.62. The summed E-state index contributed by atoms with van der Waals surface area (Å²) in [6.45, 7) is 2.68. The number of carbonyl (C=O) groups is 1. The maximum Gasteiger partial charge on any atom is 0.258 e. The van der Waals surface area contributed by atoms with Gasteiger partial charge in [-0.1, -0.05) is 12.0 Å². The van der Waals surface area contributed by atoms with E-state index in [2.05, 4.69) is 5.92 Å². The molecule has 1 aromatic carbocycles. The van der Waals surface area contributed by atoms with Gasteiger partial charge in [0.25, 0.3) is 5.91 Å². The second-order valence-corrected chi connectivity index (χ2v) is 3.45. The van der Waals surface area contributed by atoms with Gasteiger partial charge in [-0.25, -0.2) is 0 Å². The van der Waals surface area contributed by atoms with E-state index in [0.717, 1.165) is 0 Å². The number of hydrogen-bond acceptors (Lipinski definition) is 3. The molecular formula is C13H16N2O2. The quantitative estimate of drug-likeness (QED) is 0.630. The predicted octanol–water partition coefficient (Wildman–Crippen LogP) is 1.37. The lowest BCUT2D eigenvalue weighted by Gasteiger charge is -2.19. The van der Waals surface area contributed by atoms with Crippen LogP contribution in [-0.2, 0) is 0 Å². The van der Waals surface area contributed by atoms with Gasteiger partial charge in [0.2, 0.25) is 0 Å². The summed E-state index contributed by atoms with van der Waals surface area (Å²) in [6.07, 6.45) is 5.22. The van der Waals surface area contributed by atoms with Crippen LogP contribution in [0.5, 0.6) is 5.75 Å². The lowest BCUT2D eigenvalue weighted by Crippen LogP contribution is -2.31. The molecule has 0 saturated carbocycles. The number of terminal acetylenes is 1. The van der Waals surface area contributed by atoms with Crippen LogP contribution in [-0.4, -0.2) is 31.0 Å². The monoisotopic (exact) mass is 232 g/mol. The molecule has 0 aliphatic rings. The van der Waals surface area contributed by atoms with Gasteiger partial charge in [0.1, 0.15) is 0 Å². The molecule has 1 aromatic rings. The molecule has 0 unspecified atom stereocenters. The molecule has 1 rings (SSSR count). The fourth-order valence-electron chi connectivity index (χ4n) is 1.56. The number of ether oxygens (including phenoxy) is 1. The Morgan fingerprint density at radius 2 is 2.29 bits per heavy atom. The molecule has 0 aromatic heterocycles. The van der Waals surface area contributed by atoms with Crippen LogP contribution in [0.2, 0.25) is 0 Å². The molecule has 17 heavy (non-hydrogen) atoms. The molecule has 0 aliphatic carbocycles. The Morgan fingerprint density at radius 1 is 1.59 bits per heavy atom. The highest BCUT2D eigenvalue weighted by Gasteiger charge is 2.18. The number of nitrogens with two attached hydrogens (primary N) is 1. The van der Waals surface area contributed by atoms with Gasteiger partial charge in [0.05, 0.1) is 24.9 Å². The van der Waals surface area contributed by atoms with Gasteiger partial charge in [-0.3, -0.25) is 4.79 Å². The highest BCUT2D eigenvalue weighted by molar-refractivity contribution is 5.98. The van der Waals surface area contributed by atoms with Crippen LogP contribution in [0.3, 0.4) is 0 Å². The van der Waals surface area contributed by atoms with E-state index in [9.17, 15) is 4.79 Å². The number of benzene rings is 1. The third-order valence-electron chi connectivity index (χ3n) is 2.43. The Balaban J connectivity index is 3.11. The number of nitrogen functional groups attached to an aromatic ring is 1. The number of methoxy groups -OCH3 is 1. The van der Waals surface area contributed by atoms with Crippen LogP contribution in [0.25, 0.3) is 0 Å². The van der Waals surface area contributed by atoms with Crippen LogP contribution in [0.4, 0.5) is 5.69 Å². The van der Waals surface area contributed by atoms with Gasteiger partial charge < -0.3 is 15.4 Å². The standard InChI is InChI=1S/C13H16N2O2/c1-4-9-15(5-2)13(16)10-7-6-8-11(14)12(10)17-3/h1,6-8H,5,9,14H2,2-3H3. The molecule has 4 heteroatoms. The van der Waals surface area contributed by atoms with Gasteiger partial charge in [0.15, 0.2) is 5.75 Å². The number of nitrogens with zero attached hydrogens (tertiary/aromatic N) is 1. The van der Waals surface area contributed by atoms with Gasteiger partial charge in [-0.05, 0) is 19.1 Å². The molecule has 0 saturated heterocycles. The summed E-state index contributed by atoms with van der Waals surface area (Å²) in [4.78, 5) is 13.7. The highest BCUT2D eigenvalue weighted by atomic mass is 16.5. The smallest absolute Gasteiger partial charge is 0.258 e. The number of carbonyl (C=O) groups excluding carboxylic acids is 1. The minimum absolute atomic E-state index is 0.172. The molecule has 2 N–H and O–H groups in total. The van der Waals surface area contributed by atoms with Crippen LogP contribution < -0.4 is 10.5 Å². The first-order valence-electron chi connectivity index (χ1n) is 5.30. The number of amides is 1. The van der Waals surface area contributed by atoms with E-state index >= 15 is 0 Å². The predicted molar refractivity (Wildman–Crippen MR) is 67.8 cm³/mol. The normalized spacial score (nSPS) is 9.47. The molecule has 0 heterocycles. The molecule has 0 aliphatic heterocycles. The number of anilines is 1. The third kappa shape index (κ3) is 2.70. The number of rotatable bonds is 4. The molecule has 0 spiro atoms. The molecule has 4 nitrogen and oxygen atoms in total. The number of para-hydroxylation sites is 1. The van der Waals surface area contributed by atoms with Crippen molar-refractivity contribution in [2.24, 2.45) is 0 Å². The Kier molecular flexibility index (Phi) is 4.41. The SMILES string of the molecule is C#CCN(CC)C(=O)c1cccc(N)c1OC. The lowest BCUT2D eigenvalue weighted by molar-refractivity contribution is 0.0781. The van der Waals surface area contributed by atoms with Crippen molar-refractivity contribution in [3.8, 4) is 18.1 Å². The Morgan fingerprint density at radius 3 is 2.82 bits per heavy atom. The Hall–Kier alpha value is -2.15. The molecule has 0 atom stereocenters. The second-order valence-electron chi connectivity index (χ2n) is 3.45. The summed E-state index contributed by atoms with van der Waals surface area (Å²) >= 11 is 0. The first-order chi connectivity index (χ1) is 8.15. The van der Waals surface area contributed by atoms with Crippen molar-refractivity contribution in [2.45, 2.75) is 6.92 Å². The van der Waals surface area contributed by atoms with Crippen molar-refractivity contribution < 1.29 is 9.53 Å². The zero-order chi connectivity index (χ0) is 12.8. The summed E-state index contributed by atoms with van der Waals surface area (Å²) in [5.74, 6) is 2.68. The molecule has 0 fully saturated rings. The average Bonchev–Trinajstić information content (AvgIpc) is 2.34. The minimum atomic E-state index is -0.172. The fraction of sp³-hybridized carbons (Fsp3) is 0.308. The zero-order valence-electron chi connectivity index (χ0n) is 10.1. The van der Waals surface area contributed by atoms with E-state index in [4.69, 9.17) is 16.9 Å². The average molecular weight is 232 g/mol. The Bertz CT molecular complexity index is 449. The van der Waals surface area contributed by atoms with Gasteiger partial charge >= 0.3 is 0 Å². The first-order valence-corrected chi connectivity index (χ1v) is 5.30. The first kappa shape index (κ1) is 12.9. The topological polar surface area (TPSA) is 55.6 Å². The summed E-state index contributed by atoms with van der Waals surface area (Å²) in [5, 5.41) is 0. The molecule has 0 bridgehead atoms. The molecular weight excluding hydrogens is 216 g/mol. The van der Waals surface area contributed by atoms with E-state index in [-0.39, 0.29) is 12.5 Å². The number of hydrogen-bond donors (Lipinski definition) is 1. The van der Waals surface area contributed by atoms with Gasteiger partial charge in [-0.15, -0.1) is 6.42 Å². The lowest BCUT2D eigenvalue weighted by atomic mass is 10.1. The van der Waals surface area contributed by atoms with Crippen molar-refractivity contribution in [3.05, 3.63) is 23.8 Å². The third-order valence-corrected chi connectivity index (χ3v) is 2.43. The minimum Gasteiger partial charge on any atom is -0.494 e. The summed E-state index contributed by atoms with van der Waals surface area (Å²) < 4.78 is 5.15. The van der Waals surface area contributed by atoms with Crippen LogP contribution in [0, 0.1) is 12.3 Å².